The van der Waals surface area contributed by atoms with E-state index in [0.29, 0.717) is 30.2 Å². The van der Waals surface area contributed by atoms with Crippen LogP contribution in [0.4, 0.5) is 19.0 Å². The van der Waals surface area contributed by atoms with Crippen LogP contribution in [0.3, 0.4) is 0 Å². The van der Waals surface area contributed by atoms with E-state index in [4.69, 9.17) is 0 Å². The fraction of sp³-hybridized carbons (Fsp3) is 0.619. The molecule has 2 aromatic rings. The van der Waals surface area contributed by atoms with E-state index in [1.54, 1.807) is 17.9 Å². The summed E-state index contributed by atoms with van der Waals surface area (Å²) in [4.78, 5) is 23.1. The number of alkyl halides is 3. The lowest BCUT2D eigenvalue weighted by atomic mass is 9.94. The monoisotopic (exact) mass is 436 g/mol. The average molecular weight is 436 g/mol. The van der Waals surface area contributed by atoms with Gasteiger partial charge in [-0.1, -0.05) is 13.8 Å². The number of anilines is 1. The SMILES string of the molecule is Cc1cnc(C(=O)N2CCCC[C@@H]2c2cc3n(n2)[C@@H](C(F)(F)F)C[C@@H](C(C)C)N3)cn1. The van der Waals surface area contributed by atoms with Gasteiger partial charge >= 0.3 is 6.18 Å². The molecule has 2 aliphatic rings. The molecule has 168 valence electrons. The van der Waals surface area contributed by atoms with E-state index in [1.165, 1.54) is 12.4 Å². The Bertz CT molecular complexity index is 940. The molecule has 1 N–H and O–H groups in total. The molecular formula is C21H27F3N6O. The number of hydrogen-bond acceptors (Lipinski definition) is 5. The summed E-state index contributed by atoms with van der Waals surface area (Å²) in [6.07, 6.45) is 0.858. The quantitative estimate of drug-likeness (QED) is 0.777. The Labute approximate surface area is 179 Å². The Morgan fingerprint density at radius 3 is 2.65 bits per heavy atom. The Morgan fingerprint density at radius 2 is 2.00 bits per heavy atom. The highest BCUT2D eigenvalue weighted by Gasteiger charge is 2.47. The van der Waals surface area contributed by atoms with Gasteiger partial charge in [0.1, 0.15) is 11.5 Å². The van der Waals surface area contributed by atoms with Gasteiger partial charge in [-0.05, 0) is 38.5 Å². The fourth-order valence-electron chi connectivity index (χ4n) is 4.35. The number of aryl methyl sites for hydroxylation is 1. The highest BCUT2D eigenvalue weighted by atomic mass is 19.4. The second kappa shape index (κ2) is 8.12. The number of nitrogens with zero attached hydrogens (tertiary/aromatic N) is 5. The third-order valence-corrected chi connectivity index (χ3v) is 6.15. The Hall–Kier alpha value is -2.65. The predicted octanol–water partition coefficient (Wildman–Crippen LogP) is 4.29. The number of rotatable bonds is 3. The second-order valence-corrected chi connectivity index (χ2v) is 8.74. The maximum atomic E-state index is 13.8. The highest BCUT2D eigenvalue weighted by molar-refractivity contribution is 5.92. The van der Waals surface area contributed by atoms with E-state index >= 15 is 0 Å². The number of fused-ring (bicyclic) bond motifs is 1. The molecule has 0 saturated carbocycles. The summed E-state index contributed by atoms with van der Waals surface area (Å²) in [6, 6.07) is -0.698. The lowest BCUT2D eigenvalue weighted by Crippen LogP contribution is -2.41. The van der Waals surface area contributed by atoms with Crippen LogP contribution in [0.25, 0.3) is 0 Å². The molecule has 0 radical (unpaired) electrons. The van der Waals surface area contributed by atoms with Crippen molar-refractivity contribution in [3.05, 3.63) is 35.5 Å². The van der Waals surface area contributed by atoms with Crippen LogP contribution in [-0.2, 0) is 0 Å². The normalized spacial score (nSPS) is 24.1. The van der Waals surface area contributed by atoms with Gasteiger partial charge in [-0.15, -0.1) is 0 Å². The third kappa shape index (κ3) is 4.24. The fourth-order valence-corrected chi connectivity index (χ4v) is 4.35. The number of carbonyl (C=O) groups is 1. The van der Waals surface area contributed by atoms with Gasteiger partial charge in [-0.25, -0.2) is 9.67 Å². The summed E-state index contributed by atoms with van der Waals surface area (Å²) >= 11 is 0. The summed E-state index contributed by atoms with van der Waals surface area (Å²) in [5, 5.41) is 7.58. The number of hydrogen-bond donors (Lipinski definition) is 1. The number of halogens is 3. The minimum Gasteiger partial charge on any atom is -0.367 e. The van der Waals surface area contributed by atoms with E-state index in [2.05, 4.69) is 20.4 Å². The van der Waals surface area contributed by atoms with Crippen molar-refractivity contribution in [2.75, 3.05) is 11.9 Å². The number of nitrogens with one attached hydrogen (secondary N) is 1. The molecule has 1 saturated heterocycles. The zero-order valence-corrected chi connectivity index (χ0v) is 17.9. The van der Waals surface area contributed by atoms with Gasteiger partial charge < -0.3 is 10.2 Å². The molecule has 10 heteroatoms. The minimum absolute atomic E-state index is 0.0461. The summed E-state index contributed by atoms with van der Waals surface area (Å²) < 4.78 is 42.4. The van der Waals surface area contributed by atoms with Crippen LogP contribution >= 0.6 is 0 Å². The van der Waals surface area contributed by atoms with Crippen LogP contribution in [-0.4, -0.2) is 49.3 Å². The van der Waals surface area contributed by atoms with E-state index in [-0.39, 0.29) is 30.0 Å². The summed E-state index contributed by atoms with van der Waals surface area (Å²) in [7, 11) is 0. The maximum absolute atomic E-state index is 13.8. The van der Waals surface area contributed by atoms with Gasteiger partial charge in [0.15, 0.2) is 6.04 Å². The van der Waals surface area contributed by atoms with Gasteiger partial charge in [0.2, 0.25) is 0 Å². The molecule has 4 heterocycles. The lowest BCUT2D eigenvalue weighted by Gasteiger charge is -2.35. The minimum atomic E-state index is -4.40. The van der Waals surface area contributed by atoms with Gasteiger partial charge in [-0.3, -0.25) is 9.78 Å². The van der Waals surface area contributed by atoms with Crippen molar-refractivity contribution in [1.29, 1.82) is 0 Å². The number of carbonyl (C=O) groups excluding carboxylic acids is 1. The smallest absolute Gasteiger partial charge is 0.367 e. The molecule has 2 aromatic heterocycles. The van der Waals surface area contributed by atoms with Crippen molar-refractivity contribution < 1.29 is 18.0 Å². The Morgan fingerprint density at radius 1 is 1.23 bits per heavy atom. The number of piperidine rings is 1. The van der Waals surface area contributed by atoms with Crippen molar-refractivity contribution in [3.63, 3.8) is 0 Å². The third-order valence-electron chi connectivity index (χ3n) is 6.15. The molecule has 31 heavy (non-hydrogen) atoms. The van der Waals surface area contributed by atoms with Crippen molar-refractivity contribution >= 4 is 11.7 Å². The van der Waals surface area contributed by atoms with Crippen LogP contribution in [0.15, 0.2) is 18.5 Å². The Balaban J connectivity index is 1.67. The van der Waals surface area contributed by atoms with Gasteiger partial charge in [-0.2, -0.15) is 18.3 Å². The highest BCUT2D eigenvalue weighted by Crippen LogP contribution is 2.42. The molecule has 0 aromatic carbocycles. The lowest BCUT2D eigenvalue weighted by molar-refractivity contribution is -0.174. The van der Waals surface area contributed by atoms with Crippen LogP contribution < -0.4 is 5.32 Å². The molecule has 0 spiro atoms. The first-order chi connectivity index (χ1) is 14.6. The topological polar surface area (TPSA) is 75.9 Å². The standard InChI is InChI=1S/C21H27F3N6O/c1-12(2)14-8-18(21(22,23)24)30-19(27-14)9-15(28-30)17-6-4-5-7-29(17)20(31)16-11-25-13(3)10-26-16/h9-12,14,17-18,27H,4-8H2,1-3H3/t14-,17+,18+/m0/s1. The first-order valence-corrected chi connectivity index (χ1v) is 10.7. The molecule has 0 bridgehead atoms. The first kappa shape index (κ1) is 21.6. The maximum Gasteiger partial charge on any atom is 0.410 e. The molecule has 1 fully saturated rings. The van der Waals surface area contributed by atoms with E-state index in [0.717, 1.165) is 17.5 Å². The van der Waals surface area contributed by atoms with Crippen molar-refractivity contribution in [2.24, 2.45) is 5.92 Å². The van der Waals surface area contributed by atoms with Crippen LogP contribution in [0.5, 0.6) is 0 Å². The molecule has 7 nitrogen and oxygen atoms in total. The van der Waals surface area contributed by atoms with E-state index in [1.807, 2.05) is 13.8 Å². The molecule has 0 unspecified atom stereocenters. The predicted molar refractivity (Wildman–Crippen MR) is 109 cm³/mol. The van der Waals surface area contributed by atoms with Crippen molar-refractivity contribution in [3.8, 4) is 0 Å². The molecule has 3 atom stereocenters. The summed E-state index contributed by atoms with van der Waals surface area (Å²) in [5.74, 6) is 0.128. The average Bonchev–Trinajstić information content (AvgIpc) is 3.16. The molecule has 4 rings (SSSR count). The molecule has 0 aliphatic carbocycles. The summed E-state index contributed by atoms with van der Waals surface area (Å²) in [6.45, 7) is 6.10. The van der Waals surface area contributed by atoms with Crippen LogP contribution in [0.2, 0.25) is 0 Å². The zero-order chi connectivity index (χ0) is 22.3. The number of aromatic nitrogens is 4. The molecule has 1 amide bonds. The second-order valence-electron chi connectivity index (χ2n) is 8.74. The number of likely N-dealkylation sites (tertiary alicyclic amines) is 1. The zero-order valence-electron chi connectivity index (χ0n) is 17.9. The first-order valence-electron chi connectivity index (χ1n) is 10.7. The van der Waals surface area contributed by atoms with E-state index < -0.39 is 18.3 Å². The van der Waals surface area contributed by atoms with Crippen molar-refractivity contribution in [1.82, 2.24) is 24.6 Å². The summed E-state index contributed by atoms with van der Waals surface area (Å²) in [5.41, 5.74) is 1.42. The largest absolute Gasteiger partial charge is 0.410 e. The number of amides is 1. The van der Waals surface area contributed by atoms with Gasteiger partial charge in [0.25, 0.3) is 5.91 Å². The Kier molecular flexibility index (Phi) is 5.65. The van der Waals surface area contributed by atoms with Crippen molar-refractivity contribution in [2.45, 2.75) is 70.8 Å². The van der Waals surface area contributed by atoms with Crippen LogP contribution in [0.1, 0.15) is 73.5 Å². The van der Waals surface area contributed by atoms with E-state index in [9.17, 15) is 18.0 Å². The molecular weight excluding hydrogens is 409 g/mol. The van der Waals surface area contributed by atoms with Gasteiger partial charge in [0, 0.05) is 24.8 Å². The molecule has 2 aliphatic heterocycles. The van der Waals surface area contributed by atoms with Crippen LogP contribution in [0, 0.1) is 12.8 Å². The van der Waals surface area contributed by atoms with Gasteiger partial charge in [0.05, 0.1) is 23.6 Å².